The number of hydrogen-bond donors (Lipinski definition) is 1. The largest absolute Gasteiger partial charge is 0.444 e. The molecule has 0 saturated carbocycles. The van der Waals surface area contributed by atoms with Crippen LogP contribution in [0.2, 0.25) is 0 Å². The number of likely N-dealkylation sites (N-methyl/N-ethyl adjacent to an activating group) is 1. The zero-order chi connectivity index (χ0) is 11.4. The number of benzene rings is 1. The Morgan fingerprint density at radius 2 is 2.12 bits per heavy atom. The summed E-state index contributed by atoms with van der Waals surface area (Å²) in [5, 5.41) is 3.09. The van der Waals surface area contributed by atoms with Gasteiger partial charge in [0, 0.05) is 18.5 Å². The summed E-state index contributed by atoms with van der Waals surface area (Å²) in [6, 6.07) is 8.11. The monoisotopic (exact) mass is 216 g/mol. The molecule has 0 aliphatic heterocycles. The summed E-state index contributed by atoms with van der Waals surface area (Å²) in [7, 11) is 1.93. The fourth-order valence-electron chi connectivity index (χ4n) is 1.61. The van der Waals surface area contributed by atoms with E-state index in [2.05, 4.69) is 23.3 Å². The Morgan fingerprint density at radius 1 is 1.31 bits per heavy atom. The molecule has 1 aromatic heterocycles. The van der Waals surface area contributed by atoms with Gasteiger partial charge in [0.05, 0.1) is 5.69 Å². The first-order valence-electron chi connectivity index (χ1n) is 5.46. The SMILES string of the molecule is CNCCc1coc(-c2ccccc2C)n1. The van der Waals surface area contributed by atoms with Crippen LogP contribution in [-0.4, -0.2) is 18.6 Å². The van der Waals surface area contributed by atoms with Crippen LogP contribution < -0.4 is 5.32 Å². The summed E-state index contributed by atoms with van der Waals surface area (Å²) >= 11 is 0. The molecule has 1 heterocycles. The van der Waals surface area contributed by atoms with E-state index in [4.69, 9.17) is 4.42 Å². The van der Waals surface area contributed by atoms with Crippen molar-refractivity contribution < 1.29 is 4.42 Å². The predicted octanol–water partition coefficient (Wildman–Crippen LogP) is 2.41. The molecule has 0 spiro atoms. The molecular formula is C13H16N2O. The van der Waals surface area contributed by atoms with Crippen molar-refractivity contribution in [2.75, 3.05) is 13.6 Å². The third-order valence-electron chi connectivity index (χ3n) is 2.56. The second-order valence-corrected chi connectivity index (χ2v) is 3.81. The molecule has 0 aliphatic rings. The summed E-state index contributed by atoms with van der Waals surface area (Å²) in [4.78, 5) is 4.47. The Balaban J connectivity index is 2.22. The van der Waals surface area contributed by atoms with E-state index in [-0.39, 0.29) is 0 Å². The third kappa shape index (κ3) is 2.31. The van der Waals surface area contributed by atoms with Crippen molar-refractivity contribution in [2.24, 2.45) is 0 Å². The predicted molar refractivity (Wildman–Crippen MR) is 64.3 cm³/mol. The van der Waals surface area contributed by atoms with Crippen LogP contribution >= 0.6 is 0 Å². The maximum absolute atomic E-state index is 5.49. The second-order valence-electron chi connectivity index (χ2n) is 3.81. The summed E-state index contributed by atoms with van der Waals surface area (Å²) in [5.74, 6) is 0.712. The van der Waals surface area contributed by atoms with Crippen LogP contribution in [0.25, 0.3) is 11.5 Å². The van der Waals surface area contributed by atoms with Gasteiger partial charge in [-0.3, -0.25) is 0 Å². The maximum Gasteiger partial charge on any atom is 0.226 e. The Hall–Kier alpha value is -1.61. The fourth-order valence-corrected chi connectivity index (χ4v) is 1.61. The Morgan fingerprint density at radius 3 is 2.88 bits per heavy atom. The molecule has 0 fully saturated rings. The van der Waals surface area contributed by atoms with E-state index in [9.17, 15) is 0 Å². The second kappa shape index (κ2) is 4.94. The number of nitrogens with one attached hydrogen (secondary N) is 1. The minimum Gasteiger partial charge on any atom is -0.444 e. The summed E-state index contributed by atoms with van der Waals surface area (Å²) in [6.07, 6.45) is 2.63. The van der Waals surface area contributed by atoms with Gasteiger partial charge in [0.15, 0.2) is 0 Å². The molecule has 0 radical (unpaired) electrons. The number of oxazole rings is 1. The van der Waals surface area contributed by atoms with Gasteiger partial charge in [-0.25, -0.2) is 4.98 Å². The smallest absolute Gasteiger partial charge is 0.226 e. The molecule has 0 unspecified atom stereocenters. The topological polar surface area (TPSA) is 38.1 Å². The quantitative estimate of drug-likeness (QED) is 0.853. The average molecular weight is 216 g/mol. The van der Waals surface area contributed by atoms with E-state index in [1.54, 1.807) is 6.26 Å². The van der Waals surface area contributed by atoms with Gasteiger partial charge in [-0.15, -0.1) is 0 Å². The first-order valence-corrected chi connectivity index (χ1v) is 5.46. The molecule has 3 nitrogen and oxygen atoms in total. The first kappa shape index (κ1) is 10.9. The highest BCUT2D eigenvalue weighted by Crippen LogP contribution is 2.22. The van der Waals surface area contributed by atoms with Gasteiger partial charge >= 0.3 is 0 Å². The van der Waals surface area contributed by atoms with Crippen LogP contribution in [0.1, 0.15) is 11.3 Å². The van der Waals surface area contributed by atoms with Crippen LogP contribution in [-0.2, 0) is 6.42 Å². The zero-order valence-electron chi connectivity index (χ0n) is 9.66. The van der Waals surface area contributed by atoms with E-state index in [0.717, 1.165) is 24.2 Å². The third-order valence-corrected chi connectivity index (χ3v) is 2.56. The lowest BCUT2D eigenvalue weighted by Gasteiger charge is -1.99. The van der Waals surface area contributed by atoms with Gasteiger partial charge in [0.25, 0.3) is 0 Å². The molecule has 84 valence electrons. The minimum atomic E-state index is 0.712. The Labute approximate surface area is 95.5 Å². The average Bonchev–Trinajstić information content (AvgIpc) is 2.75. The first-order chi connectivity index (χ1) is 7.81. The molecule has 0 atom stereocenters. The van der Waals surface area contributed by atoms with E-state index in [1.165, 1.54) is 5.56 Å². The molecule has 0 aliphatic carbocycles. The standard InChI is InChI=1S/C13H16N2O/c1-10-5-3-4-6-12(10)13-15-11(9-16-13)7-8-14-2/h3-6,9,14H,7-8H2,1-2H3. The normalized spacial score (nSPS) is 10.6. The fraction of sp³-hybridized carbons (Fsp3) is 0.308. The Kier molecular flexibility index (Phi) is 3.37. The lowest BCUT2D eigenvalue weighted by Crippen LogP contribution is -2.10. The van der Waals surface area contributed by atoms with Crippen molar-refractivity contribution in [3.8, 4) is 11.5 Å². The number of aryl methyl sites for hydroxylation is 1. The van der Waals surface area contributed by atoms with E-state index < -0.39 is 0 Å². The number of aromatic nitrogens is 1. The van der Waals surface area contributed by atoms with E-state index in [1.807, 2.05) is 25.2 Å². The zero-order valence-corrected chi connectivity index (χ0v) is 9.66. The molecule has 1 aromatic carbocycles. The van der Waals surface area contributed by atoms with Crippen LogP contribution in [0.15, 0.2) is 34.9 Å². The Bertz CT molecular complexity index is 462. The van der Waals surface area contributed by atoms with Crippen molar-refractivity contribution in [1.29, 1.82) is 0 Å². The van der Waals surface area contributed by atoms with Crippen LogP contribution in [0.4, 0.5) is 0 Å². The van der Waals surface area contributed by atoms with Crippen molar-refractivity contribution in [1.82, 2.24) is 10.3 Å². The van der Waals surface area contributed by atoms with Gasteiger partial charge in [-0.2, -0.15) is 0 Å². The van der Waals surface area contributed by atoms with Crippen molar-refractivity contribution >= 4 is 0 Å². The molecular weight excluding hydrogens is 200 g/mol. The van der Waals surface area contributed by atoms with Gasteiger partial charge in [-0.05, 0) is 25.6 Å². The molecule has 0 amide bonds. The summed E-state index contributed by atoms with van der Waals surface area (Å²) in [6.45, 7) is 2.98. The molecule has 2 rings (SSSR count). The van der Waals surface area contributed by atoms with Crippen molar-refractivity contribution in [3.63, 3.8) is 0 Å². The van der Waals surface area contributed by atoms with E-state index >= 15 is 0 Å². The van der Waals surface area contributed by atoms with Gasteiger partial charge in [-0.1, -0.05) is 18.2 Å². The molecule has 1 N–H and O–H groups in total. The van der Waals surface area contributed by atoms with Gasteiger partial charge < -0.3 is 9.73 Å². The van der Waals surface area contributed by atoms with Crippen molar-refractivity contribution in [3.05, 3.63) is 41.8 Å². The van der Waals surface area contributed by atoms with Crippen LogP contribution in [0.3, 0.4) is 0 Å². The van der Waals surface area contributed by atoms with Gasteiger partial charge in [0.1, 0.15) is 6.26 Å². The minimum absolute atomic E-state index is 0.712. The summed E-state index contributed by atoms with van der Waals surface area (Å²) in [5.41, 5.74) is 3.25. The van der Waals surface area contributed by atoms with Crippen molar-refractivity contribution in [2.45, 2.75) is 13.3 Å². The number of nitrogens with zero attached hydrogens (tertiary/aromatic N) is 1. The highest BCUT2D eigenvalue weighted by molar-refractivity contribution is 5.58. The highest BCUT2D eigenvalue weighted by atomic mass is 16.3. The molecule has 3 heteroatoms. The number of hydrogen-bond acceptors (Lipinski definition) is 3. The molecule has 0 saturated heterocycles. The van der Waals surface area contributed by atoms with E-state index in [0.29, 0.717) is 5.89 Å². The van der Waals surface area contributed by atoms with Crippen LogP contribution in [0.5, 0.6) is 0 Å². The lowest BCUT2D eigenvalue weighted by molar-refractivity contribution is 0.571. The number of rotatable bonds is 4. The lowest BCUT2D eigenvalue weighted by atomic mass is 10.1. The maximum atomic E-state index is 5.49. The molecule has 2 aromatic rings. The highest BCUT2D eigenvalue weighted by Gasteiger charge is 2.07. The van der Waals surface area contributed by atoms with Gasteiger partial charge in [0.2, 0.25) is 5.89 Å². The molecule has 16 heavy (non-hydrogen) atoms. The molecule has 0 bridgehead atoms. The summed E-state index contributed by atoms with van der Waals surface area (Å²) < 4.78 is 5.49. The van der Waals surface area contributed by atoms with Crippen LogP contribution in [0, 0.1) is 6.92 Å².